The minimum atomic E-state index is -0.590. The first-order chi connectivity index (χ1) is 9.49. The molecule has 0 bridgehead atoms. The minimum Gasteiger partial charge on any atom is -0.457 e. The second-order valence-corrected chi connectivity index (χ2v) is 4.68. The van der Waals surface area contributed by atoms with Crippen LogP contribution in [0.3, 0.4) is 0 Å². The maximum atomic E-state index is 11.0. The number of hydrogen-bond donors (Lipinski definition) is 0. The third-order valence-electron chi connectivity index (χ3n) is 2.40. The Morgan fingerprint density at radius 2 is 1.75 bits per heavy atom. The summed E-state index contributed by atoms with van der Waals surface area (Å²) in [6.45, 7) is 0. The summed E-state index contributed by atoms with van der Waals surface area (Å²) in [7, 11) is 0. The molecule has 20 heavy (non-hydrogen) atoms. The first-order valence-corrected chi connectivity index (χ1v) is 6.13. The molecule has 0 spiro atoms. The Hall–Kier alpha value is -2.11. The van der Waals surface area contributed by atoms with Crippen molar-refractivity contribution < 1.29 is 14.5 Å². The van der Waals surface area contributed by atoms with E-state index in [4.69, 9.17) is 27.9 Å². The fraction of sp³-hybridized carbons (Fsp3) is 0. The molecule has 2 rings (SSSR count). The molecule has 0 fully saturated rings. The monoisotopic (exact) mass is 311 g/mol. The van der Waals surface area contributed by atoms with Gasteiger partial charge in [-0.1, -0.05) is 23.2 Å². The zero-order valence-electron chi connectivity index (χ0n) is 9.88. The van der Waals surface area contributed by atoms with Crippen LogP contribution in [0.4, 0.5) is 5.69 Å². The van der Waals surface area contributed by atoms with E-state index in [1.165, 1.54) is 30.3 Å². The van der Waals surface area contributed by atoms with Gasteiger partial charge in [0.1, 0.15) is 11.5 Å². The molecule has 0 N–H and O–H groups in total. The van der Waals surface area contributed by atoms with Crippen LogP contribution in [0.15, 0.2) is 36.4 Å². The second kappa shape index (κ2) is 5.90. The Kier molecular flexibility index (Phi) is 4.22. The molecule has 0 saturated heterocycles. The van der Waals surface area contributed by atoms with Gasteiger partial charge in [-0.3, -0.25) is 14.9 Å². The molecule has 7 heteroatoms. The van der Waals surface area contributed by atoms with Crippen molar-refractivity contribution in [2.75, 3.05) is 0 Å². The van der Waals surface area contributed by atoms with Gasteiger partial charge in [0.25, 0.3) is 5.69 Å². The summed E-state index contributed by atoms with van der Waals surface area (Å²) in [5.74, 6) is 0.517. The third kappa shape index (κ3) is 3.26. The highest BCUT2D eigenvalue weighted by molar-refractivity contribution is 6.34. The molecule has 0 aromatic heterocycles. The second-order valence-electron chi connectivity index (χ2n) is 3.80. The third-order valence-corrected chi connectivity index (χ3v) is 2.83. The smallest absolute Gasteiger partial charge is 0.270 e. The fourth-order valence-corrected chi connectivity index (χ4v) is 2.05. The highest BCUT2D eigenvalue weighted by atomic mass is 35.5. The molecule has 0 radical (unpaired) electrons. The van der Waals surface area contributed by atoms with Crippen molar-refractivity contribution in [2.45, 2.75) is 0 Å². The van der Waals surface area contributed by atoms with Gasteiger partial charge in [-0.15, -0.1) is 0 Å². The molecule has 0 amide bonds. The number of nitrogens with zero attached hydrogens (tertiary/aromatic N) is 1. The average molecular weight is 312 g/mol. The number of aldehydes is 1. The van der Waals surface area contributed by atoms with Gasteiger partial charge in [-0.05, 0) is 24.3 Å². The van der Waals surface area contributed by atoms with Gasteiger partial charge in [0.2, 0.25) is 0 Å². The lowest BCUT2D eigenvalue weighted by atomic mass is 10.2. The van der Waals surface area contributed by atoms with Crippen LogP contribution in [0.25, 0.3) is 0 Å². The average Bonchev–Trinajstić information content (AvgIpc) is 2.37. The van der Waals surface area contributed by atoms with Gasteiger partial charge in [0.15, 0.2) is 6.29 Å². The number of halogens is 2. The number of non-ortho nitro benzene ring substituents is 1. The Morgan fingerprint density at radius 1 is 1.10 bits per heavy atom. The summed E-state index contributed by atoms with van der Waals surface area (Å²) in [6.07, 6.45) is 0.481. The lowest BCUT2D eigenvalue weighted by molar-refractivity contribution is -0.384. The SMILES string of the molecule is O=Cc1cc([N+](=O)[O-])ccc1Oc1cc(Cl)cc(Cl)c1. The van der Waals surface area contributed by atoms with E-state index in [2.05, 4.69) is 0 Å². The van der Waals surface area contributed by atoms with E-state index >= 15 is 0 Å². The normalized spacial score (nSPS) is 10.1. The van der Waals surface area contributed by atoms with E-state index in [0.717, 1.165) is 6.07 Å². The van der Waals surface area contributed by atoms with Gasteiger partial charge >= 0.3 is 0 Å². The molecule has 0 aliphatic carbocycles. The molecule has 0 heterocycles. The van der Waals surface area contributed by atoms with E-state index in [0.29, 0.717) is 22.1 Å². The molecule has 0 aliphatic heterocycles. The molecule has 0 atom stereocenters. The molecule has 0 aliphatic rings. The minimum absolute atomic E-state index is 0.0651. The summed E-state index contributed by atoms with van der Waals surface area (Å²) in [6, 6.07) is 8.29. The number of ether oxygens (including phenoxy) is 1. The van der Waals surface area contributed by atoms with Crippen LogP contribution in [-0.4, -0.2) is 11.2 Å². The summed E-state index contributed by atoms with van der Waals surface area (Å²) >= 11 is 11.7. The molecule has 2 aromatic carbocycles. The van der Waals surface area contributed by atoms with Crippen molar-refractivity contribution in [1.29, 1.82) is 0 Å². The van der Waals surface area contributed by atoms with Crippen LogP contribution in [0.1, 0.15) is 10.4 Å². The van der Waals surface area contributed by atoms with Crippen molar-refractivity contribution in [3.63, 3.8) is 0 Å². The van der Waals surface area contributed by atoms with Crippen molar-refractivity contribution in [3.05, 3.63) is 62.1 Å². The molecular formula is C13H7Cl2NO4. The van der Waals surface area contributed by atoms with E-state index < -0.39 is 4.92 Å². The first-order valence-electron chi connectivity index (χ1n) is 5.37. The predicted molar refractivity (Wildman–Crippen MR) is 75.0 cm³/mol. The van der Waals surface area contributed by atoms with Gasteiger partial charge < -0.3 is 4.74 Å². The van der Waals surface area contributed by atoms with Crippen molar-refractivity contribution in [1.82, 2.24) is 0 Å². The number of benzene rings is 2. The van der Waals surface area contributed by atoms with Gasteiger partial charge in [-0.2, -0.15) is 0 Å². The topological polar surface area (TPSA) is 69.4 Å². The Labute approximate surface area is 123 Å². The lowest BCUT2D eigenvalue weighted by Gasteiger charge is -2.08. The van der Waals surface area contributed by atoms with Gasteiger partial charge in [-0.25, -0.2) is 0 Å². The highest BCUT2D eigenvalue weighted by Crippen LogP contribution is 2.31. The lowest BCUT2D eigenvalue weighted by Crippen LogP contribution is -1.94. The number of nitro benzene ring substituents is 1. The standard InChI is InChI=1S/C13H7Cl2NO4/c14-9-4-10(15)6-12(5-9)20-13-2-1-11(16(18)19)3-8(13)7-17/h1-7H. The van der Waals surface area contributed by atoms with Crippen molar-refractivity contribution in [3.8, 4) is 11.5 Å². The summed E-state index contributed by atoms with van der Waals surface area (Å²) in [4.78, 5) is 21.0. The number of carbonyl (C=O) groups is 1. The first kappa shape index (κ1) is 14.3. The number of rotatable bonds is 4. The van der Waals surface area contributed by atoms with E-state index in [-0.39, 0.29) is 17.0 Å². The van der Waals surface area contributed by atoms with E-state index in [1.807, 2.05) is 0 Å². The summed E-state index contributed by atoms with van der Waals surface area (Å²) < 4.78 is 5.47. The molecule has 0 unspecified atom stereocenters. The number of carbonyl (C=O) groups excluding carboxylic acids is 1. The van der Waals surface area contributed by atoms with Crippen LogP contribution >= 0.6 is 23.2 Å². The largest absolute Gasteiger partial charge is 0.457 e. The summed E-state index contributed by atoms with van der Waals surface area (Å²) in [5, 5.41) is 11.4. The predicted octanol–water partition coefficient (Wildman–Crippen LogP) is 4.51. The Bertz CT molecular complexity index is 668. The summed E-state index contributed by atoms with van der Waals surface area (Å²) in [5.41, 5.74) is -0.126. The van der Waals surface area contributed by atoms with Gasteiger partial charge in [0.05, 0.1) is 10.5 Å². The molecule has 0 saturated carbocycles. The fourth-order valence-electron chi connectivity index (χ4n) is 1.55. The maximum Gasteiger partial charge on any atom is 0.270 e. The zero-order chi connectivity index (χ0) is 14.7. The Balaban J connectivity index is 2.37. The van der Waals surface area contributed by atoms with Crippen LogP contribution in [0.2, 0.25) is 10.0 Å². The van der Waals surface area contributed by atoms with E-state index in [9.17, 15) is 14.9 Å². The van der Waals surface area contributed by atoms with Crippen molar-refractivity contribution in [2.24, 2.45) is 0 Å². The van der Waals surface area contributed by atoms with Crippen LogP contribution in [0.5, 0.6) is 11.5 Å². The van der Waals surface area contributed by atoms with Crippen molar-refractivity contribution >= 4 is 35.2 Å². The van der Waals surface area contributed by atoms with Crippen LogP contribution in [0, 0.1) is 10.1 Å². The quantitative estimate of drug-likeness (QED) is 0.473. The molecule has 102 valence electrons. The maximum absolute atomic E-state index is 11.0. The van der Waals surface area contributed by atoms with E-state index in [1.54, 1.807) is 0 Å². The van der Waals surface area contributed by atoms with Crippen LogP contribution in [-0.2, 0) is 0 Å². The zero-order valence-corrected chi connectivity index (χ0v) is 11.4. The van der Waals surface area contributed by atoms with Crippen LogP contribution < -0.4 is 4.74 Å². The molecular weight excluding hydrogens is 305 g/mol. The van der Waals surface area contributed by atoms with Gasteiger partial charge in [0, 0.05) is 22.2 Å². The molecule has 2 aromatic rings. The number of hydrogen-bond acceptors (Lipinski definition) is 4. The molecule has 5 nitrogen and oxygen atoms in total. The Morgan fingerprint density at radius 3 is 2.30 bits per heavy atom. The highest BCUT2D eigenvalue weighted by Gasteiger charge is 2.12. The number of nitro groups is 1.